The Morgan fingerprint density at radius 2 is 2.03 bits per heavy atom. The van der Waals surface area contributed by atoms with Crippen LogP contribution in [0, 0.1) is 19.7 Å². The van der Waals surface area contributed by atoms with Gasteiger partial charge >= 0.3 is 0 Å². The average molecular weight is 440 g/mol. The summed E-state index contributed by atoms with van der Waals surface area (Å²) in [5, 5.41) is 11.4. The number of aryl methyl sites for hydroxylation is 3. The lowest BCUT2D eigenvalue weighted by atomic mass is 9.94. The number of rotatable bonds is 7. The second kappa shape index (κ2) is 8.43. The Balaban J connectivity index is 1.71. The molecule has 31 heavy (non-hydrogen) atoms. The van der Waals surface area contributed by atoms with Crippen molar-refractivity contribution in [3.63, 3.8) is 0 Å². The normalized spacial score (nSPS) is 16.4. The molecule has 7 nitrogen and oxygen atoms in total. The molecule has 0 radical (unpaired) electrons. The van der Waals surface area contributed by atoms with Gasteiger partial charge in [0, 0.05) is 31.0 Å². The first-order valence-corrected chi connectivity index (χ1v) is 10.6. The maximum absolute atomic E-state index is 14.8. The molecular formula is C22H21FN4O3S. The number of halogens is 1. The Bertz CT molecular complexity index is 1170. The summed E-state index contributed by atoms with van der Waals surface area (Å²) in [5.41, 5.74) is 0.584. The molecule has 0 saturated carbocycles. The van der Waals surface area contributed by atoms with E-state index < -0.39 is 29.3 Å². The Kier molecular flexibility index (Phi) is 5.69. The second-order valence-corrected chi connectivity index (χ2v) is 8.52. The van der Waals surface area contributed by atoms with Crippen molar-refractivity contribution in [3.8, 4) is 0 Å². The smallest absolute Gasteiger partial charge is 0.290 e. The van der Waals surface area contributed by atoms with Crippen molar-refractivity contribution in [1.29, 1.82) is 0 Å². The van der Waals surface area contributed by atoms with Crippen LogP contribution in [0.3, 0.4) is 0 Å². The highest BCUT2D eigenvalue weighted by Crippen LogP contribution is 2.41. The van der Waals surface area contributed by atoms with Crippen LogP contribution in [0.2, 0.25) is 0 Å². The lowest BCUT2D eigenvalue weighted by Crippen LogP contribution is -2.33. The number of ketones is 1. The lowest BCUT2D eigenvalue weighted by Gasteiger charge is -2.27. The highest BCUT2D eigenvalue weighted by atomic mass is 32.1. The van der Waals surface area contributed by atoms with Crippen LogP contribution in [-0.4, -0.2) is 42.8 Å². The molecule has 0 fully saturated rings. The van der Waals surface area contributed by atoms with Gasteiger partial charge in [-0.3, -0.25) is 9.59 Å². The zero-order chi connectivity index (χ0) is 22.1. The largest absolute Gasteiger partial charge is 0.503 e. The van der Waals surface area contributed by atoms with E-state index in [0.29, 0.717) is 28.5 Å². The SMILES string of the molecule is Cc1nc(C)c(C(=O)C2=C(O)C(=O)N(CCCn3ccnc3)[C@H]2c2ccccc2F)s1. The minimum absolute atomic E-state index is 0.107. The third-order valence-electron chi connectivity index (χ3n) is 5.23. The minimum Gasteiger partial charge on any atom is -0.503 e. The Morgan fingerprint density at radius 1 is 1.26 bits per heavy atom. The summed E-state index contributed by atoms with van der Waals surface area (Å²) in [6.07, 6.45) is 5.67. The minimum atomic E-state index is -1.01. The summed E-state index contributed by atoms with van der Waals surface area (Å²) in [6, 6.07) is 4.99. The van der Waals surface area contributed by atoms with Gasteiger partial charge in [-0.05, 0) is 26.3 Å². The molecular weight excluding hydrogens is 419 g/mol. The van der Waals surface area contributed by atoms with Crippen LogP contribution in [0.4, 0.5) is 4.39 Å². The van der Waals surface area contributed by atoms with Gasteiger partial charge in [0.25, 0.3) is 5.91 Å². The summed E-state index contributed by atoms with van der Waals surface area (Å²) in [7, 11) is 0. The molecule has 1 N–H and O–H groups in total. The molecule has 3 heterocycles. The van der Waals surface area contributed by atoms with Crippen LogP contribution in [0.15, 0.2) is 54.3 Å². The van der Waals surface area contributed by atoms with Crippen molar-refractivity contribution in [2.75, 3.05) is 6.54 Å². The van der Waals surface area contributed by atoms with Gasteiger partial charge in [-0.2, -0.15) is 0 Å². The van der Waals surface area contributed by atoms with E-state index in [1.54, 1.807) is 44.7 Å². The molecule has 1 amide bonds. The summed E-state index contributed by atoms with van der Waals surface area (Å²) >= 11 is 1.19. The second-order valence-electron chi connectivity index (χ2n) is 7.32. The van der Waals surface area contributed by atoms with E-state index in [0.717, 1.165) is 0 Å². The van der Waals surface area contributed by atoms with E-state index in [2.05, 4.69) is 9.97 Å². The molecule has 0 aliphatic carbocycles. The number of benzene rings is 1. The molecule has 1 aliphatic rings. The number of Topliss-reactive ketones (excluding diaryl/α,β-unsaturated/α-hetero) is 1. The van der Waals surface area contributed by atoms with Gasteiger partial charge in [-0.15, -0.1) is 11.3 Å². The number of aliphatic hydroxyl groups excluding tert-OH is 1. The molecule has 4 rings (SSSR count). The maximum atomic E-state index is 14.8. The molecule has 9 heteroatoms. The highest BCUT2D eigenvalue weighted by Gasteiger charge is 2.45. The number of aliphatic hydroxyl groups is 1. The van der Waals surface area contributed by atoms with Crippen LogP contribution in [0.25, 0.3) is 0 Å². The first-order valence-electron chi connectivity index (χ1n) is 9.81. The van der Waals surface area contributed by atoms with Gasteiger partial charge in [-0.1, -0.05) is 18.2 Å². The van der Waals surface area contributed by atoms with E-state index in [9.17, 15) is 19.1 Å². The van der Waals surface area contributed by atoms with Gasteiger partial charge in [0.05, 0.1) is 33.5 Å². The van der Waals surface area contributed by atoms with E-state index in [1.807, 2.05) is 4.57 Å². The molecule has 1 atom stereocenters. The fraction of sp³-hybridized carbons (Fsp3) is 0.273. The third kappa shape index (κ3) is 3.88. The molecule has 0 bridgehead atoms. The van der Waals surface area contributed by atoms with Gasteiger partial charge in [-0.25, -0.2) is 14.4 Å². The number of nitrogens with zero attached hydrogens (tertiary/aromatic N) is 4. The number of carbonyl (C=O) groups excluding carboxylic acids is 2. The average Bonchev–Trinajstić information content (AvgIpc) is 3.43. The van der Waals surface area contributed by atoms with Crippen LogP contribution in [0.1, 0.15) is 38.4 Å². The standard InChI is InChI=1S/C22H21FN4O3S/c1-13-21(31-14(2)25-13)19(28)17-18(15-6-3-4-7-16(15)23)27(22(30)20(17)29)10-5-9-26-11-8-24-12-26/h3-4,6-8,11-12,18,29H,5,9-10H2,1-2H3/t18-/m0/s1. The van der Waals surface area contributed by atoms with Gasteiger partial charge in [0.15, 0.2) is 5.76 Å². The predicted molar refractivity (Wildman–Crippen MR) is 113 cm³/mol. The van der Waals surface area contributed by atoms with Gasteiger partial charge in [0.2, 0.25) is 5.78 Å². The van der Waals surface area contributed by atoms with Crippen molar-refractivity contribution in [2.24, 2.45) is 0 Å². The van der Waals surface area contributed by atoms with E-state index >= 15 is 0 Å². The fourth-order valence-corrected chi connectivity index (χ4v) is 4.72. The van der Waals surface area contributed by atoms with E-state index in [4.69, 9.17) is 0 Å². The molecule has 0 unspecified atom stereocenters. The quantitative estimate of drug-likeness (QED) is 0.565. The zero-order valence-corrected chi connectivity index (χ0v) is 17.9. The highest BCUT2D eigenvalue weighted by molar-refractivity contribution is 7.14. The molecule has 3 aromatic rings. The third-order valence-corrected chi connectivity index (χ3v) is 6.30. The lowest BCUT2D eigenvalue weighted by molar-refractivity contribution is -0.129. The first-order chi connectivity index (χ1) is 14.9. The number of aromatic nitrogens is 3. The summed E-state index contributed by atoms with van der Waals surface area (Å²) in [5.74, 6) is -2.36. The van der Waals surface area contributed by atoms with Crippen molar-refractivity contribution >= 4 is 23.0 Å². The van der Waals surface area contributed by atoms with Crippen molar-refractivity contribution in [2.45, 2.75) is 32.9 Å². The Labute approximate surface area is 182 Å². The summed E-state index contributed by atoms with van der Waals surface area (Å²) in [4.78, 5) is 36.3. The first kappa shape index (κ1) is 20.9. The van der Waals surface area contributed by atoms with Crippen molar-refractivity contribution in [3.05, 3.63) is 81.3 Å². The molecule has 0 saturated heterocycles. The number of amides is 1. The number of thiazole rings is 1. The monoisotopic (exact) mass is 440 g/mol. The predicted octanol–water partition coefficient (Wildman–Crippen LogP) is 3.76. The molecule has 160 valence electrons. The number of carbonyl (C=O) groups is 2. The number of hydrogen-bond donors (Lipinski definition) is 1. The zero-order valence-electron chi connectivity index (χ0n) is 17.1. The van der Waals surface area contributed by atoms with Crippen LogP contribution < -0.4 is 0 Å². The molecule has 1 aromatic carbocycles. The van der Waals surface area contributed by atoms with Crippen LogP contribution in [0.5, 0.6) is 0 Å². The van der Waals surface area contributed by atoms with Crippen LogP contribution >= 0.6 is 11.3 Å². The molecule has 1 aliphatic heterocycles. The number of imidazole rings is 1. The van der Waals surface area contributed by atoms with Crippen molar-refractivity contribution < 1.29 is 19.1 Å². The van der Waals surface area contributed by atoms with E-state index in [1.165, 1.54) is 28.4 Å². The van der Waals surface area contributed by atoms with Gasteiger partial charge in [0.1, 0.15) is 5.82 Å². The molecule has 2 aromatic heterocycles. The summed E-state index contributed by atoms with van der Waals surface area (Å²) in [6.45, 7) is 4.30. The topological polar surface area (TPSA) is 88.3 Å². The number of hydrogen-bond acceptors (Lipinski definition) is 6. The van der Waals surface area contributed by atoms with Crippen LogP contribution in [-0.2, 0) is 11.3 Å². The van der Waals surface area contributed by atoms with Gasteiger partial charge < -0.3 is 14.6 Å². The summed E-state index contributed by atoms with van der Waals surface area (Å²) < 4.78 is 16.6. The van der Waals surface area contributed by atoms with E-state index in [-0.39, 0.29) is 17.7 Å². The Morgan fingerprint density at radius 3 is 2.68 bits per heavy atom. The van der Waals surface area contributed by atoms with Crippen molar-refractivity contribution in [1.82, 2.24) is 19.4 Å². The molecule has 0 spiro atoms. The Hall–Kier alpha value is -3.33. The fourth-order valence-electron chi connectivity index (χ4n) is 3.84. The maximum Gasteiger partial charge on any atom is 0.290 e.